The van der Waals surface area contributed by atoms with Gasteiger partial charge in [0.1, 0.15) is 0 Å². The molecule has 0 atom stereocenters. The van der Waals surface area contributed by atoms with Crippen molar-refractivity contribution in [1.82, 2.24) is 4.98 Å². The van der Waals surface area contributed by atoms with E-state index < -0.39 is 11.7 Å². The quantitative estimate of drug-likeness (QED) is 0.655. The summed E-state index contributed by atoms with van der Waals surface area (Å²) in [5.41, 5.74) is 1.22. The van der Waals surface area contributed by atoms with Crippen molar-refractivity contribution in [3.63, 3.8) is 0 Å². The van der Waals surface area contributed by atoms with Crippen LogP contribution in [0.15, 0.2) is 52.9 Å². The predicted molar refractivity (Wildman–Crippen MR) is 76.0 cm³/mol. The molecule has 0 amide bonds. The number of hydrogen-bond acceptors (Lipinski definition) is 2. The van der Waals surface area contributed by atoms with Crippen molar-refractivity contribution < 1.29 is 17.6 Å². The van der Waals surface area contributed by atoms with Gasteiger partial charge < -0.3 is 4.42 Å². The number of aryl methyl sites for hydroxylation is 1. The zero-order valence-electron chi connectivity index (χ0n) is 11.6. The lowest BCUT2D eigenvalue weighted by molar-refractivity contribution is -0.137. The maximum absolute atomic E-state index is 12.6. The van der Waals surface area contributed by atoms with Gasteiger partial charge >= 0.3 is 6.18 Å². The number of nitrogens with zero attached hydrogens (tertiary/aromatic N) is 1. The minimum atomic E-state index is -4.35. The number of oxazole rings is 1. The lowest BCUT2D eigenvalue weighted by atomic mass is 10.1. The molecule has 22 heavy (non-hydrogen) atoms. The molecule has 0 fully saturated rings. The fourth-order valence-electron chi connectivity index (χ4n) is 2.11. The van der Waals surface area contributed by atoms with E-state index in [4.69, 9.17) is 4.42 Å². The molecule has 2 aromatic carbocycles. The van der Waals surface area contributed by atoms with Gasteiger partial charge in [-0.15, -0.1) is 0 Å². The van der Waals surface area contributed by atoms with E-state index >= 15 is 0 Å². The SMILES string of the molecule is Cc1nc(-c2ccc(C(F)(F)F)cc2)oc1-c1[c]cccc1. The Hall–Kier alpha value is -2.56. The first-order chi connectivity index (χ1) is 10.4. The van der Waals surface area contributed by atoms with E-state index in [1.54, 1.807) is 13.0 Å². The molecule has 5 heteroatoms. The molecule has 0 aliphatic rings. The van der Waals surface area contributed by atoms with Crippen LogP contribution in [0.5, 0.6) is 0 Å². The highest BCUT2D eigenvalue weighted by Crippen LogP contribution is 2.32. The number of aromatic nitrogens is 1. The Bertz CT molecular complexity index is 774. The van der Waals surface area contributed by atoms with Crippen molar-refractivity contribution in [2.24, 2.45) is 0 Å². The fraction of sp³-hybridized carbons (Fsp3) is 0.118. The second kappa shape index (κ2) is 5.33. The Labute approximate surface area is 125 Å². The van der Waals surface area contributed by atoms with Crippen molar-refractivity contribution in [3.8, 4) is 22.8 Å². The van der Waals surface area contributed by atoms with E-state index in [-0.39, 0.29) is 0 Å². The van der Waals surface area contributed by atoms with Crippen LogP contribution in [0.4, 0.5) is 13.2 Å². The second-order valence-corrected chi connectivity index (χ2v) is 4.78. The zero-order valence-corrected chi connectivity index (χ0v) is 11.6. The predicted octanol–water partition coefficient (Wildman–Crippen LogP) is 5.14. The summed E-state index contributed by atoms with van der Waals surface area (Å²) >= 11 is 0. The molecule has 111 valence electrons. The Morgan fingerprint density at radius 3 is 2.36 bits per heavy atom. The Morgan fingerprint density at radius 2 is 1.77 bits per heavy atom. The summed E-state index contributed by atoms with van der Waals surface area (Å²) in [5, 5.41) is 0. The van der Waals surface area contributed by atoms with Crippen LogP contribution in [0.25, 0.3) is 22.8 Å². The van der Waals surface area contributed by atoms with E-state index in [9.17, 15) is 13.2 Å². The van der Waals surface area contributed by atoms with E-state index in [0.29, 0.717) is 22.9 Å². The van der Waals surface area contributed by atoms with E-state index in [1.807, 2.05) is 18.2 Å². The summed E-state index contributed by atoms with van der Waals surface area (Å²) in [6, 6.07) is 15.1. The highest BCUT2D eigenvalue weighted by Gasteiger charge is 2.30. The number of alkyl halides is 3. The highest BCUT2D eigenvalue weighted by molar-refractivity contribution is 5.63. The average Bonchev–Trinajstić information content (AvgIpc) is 2.89. The van der Waals surface area contributed by atoms with E-state index in [2.05, 4.69) is 11.1 Å². The largest absolute Gasteiger partial charge is 0.436 e. The van der Waals surface area contributed by atoms with Gasteiger partial charge in [-0.25, -0.2) is 4.98 Å². The molecule has 0 N–H and O–H groups in total. The molecule has 1 radical (unpaired) electrons. The van der Waals surface area contributed by atoms with Gasteiger partial charge in [0.05, 0.1) is 11.3 Å². The summed E-state index contributed by atoms with van der Waals surface area (Å²) in [5.74, 6) is 0.856. The molecule has 3 aromatic rings. The van der Waals surface area contributed by atoms with Gasteiger partial charge in [-0.2, -0.15) is 13.2 Å². The molecule has 0 unspecified atom stereocenters. The molecular weight excluding hydrogens is 291 g/mol. The zero-order chi connectivity index (χ0) is 15.7. The first-order valence-electron chi connectivity index (χ1n) is 6.57. The first kappa shape index (κ1) is 14.4. The minimum absolute atomic E-state index is 0.290. The topological polar surface area (TPSA) is 26.0 Å². The molecule has 2 nitrogen and oxygen atoms in total. The lowest BCUT2D eigenvalue weighted by Gasteiger charge is -2.06. The third-order valence-electron chi connectivity index (χ3n) is 3.21. The van der Waals surface area contributed by atoms with Crippen LogP contribution in [0.2, 0.25) is 0 Å². The summed E-state index contributed by atoms with van der Waals surface area (Å²) < 4.78 is 43.4. The van der Waals surface area contributed by atoms with Gasteiger partial charge in [0.25, 0.3) is 0 Å². The van der Waals surface area contributed by atoms with Crippen LogP contribution in [-0.2, 0) is 6.18 Å². The van der Waals surface area contributed by atoms with Crippen LogP contribution in [0.3, 0.4) is 0 Å². The van der Waals surface area contributed by atoms with Crippen LogP contribution in [-0.4, -0.2) is 4.98 Å². The van der Waals surface area contributed by atoms with Gasteiger partial charge in [-0.3, -0.25) is 0 Å². The number of halogens is 3. The summed E-state index contributed by atoms with van der Waals surface area (Å²) in [4.78, 5) is 4.28. The third kappa shape index (κ3) is 2.74. The summed E-state index contributed by atoms with van der Waals surface area (Å²) in [6.45, 7) is 1.78. The summed E-state index contributed by atoms with van der Waals surface area (Å²) in [7, 11) is 0. The fourth-order valence-corrected chi connectivity index (χ4v) is 2.11. The van der Waals surface area contributed by atoms with Crippen molar-refractivity contribution >= 4 is 0 Å². The van der Waals surface area contributed by atoms with Crippen molar-refractivity contribution in [3.05, 3.63) is 65.9 Å². The monoisotopic (exact) mass is 302 g/mol. The molecule has 1 aromatic heterocycles. The molecule has 0 saturated heterocycles. The normalized spacial score (nSPS) is 11.6. The maximum atomic E-state index is 12.6. The Kier molecular flexibility index (Phi) is 3.48. The Morgan fingerprint density at radius 1 is 1.05 bits per heavy atom. The first-order valence-corrected chi connectivity index (χ1v) is 6.57. The van der Waals surface area contributed by atoms with Gasteiger partial charge in [-0.1, -0.05) is 24.3 Å². The van der Waals surface area contributed by atoms with Crippen LogP contribution < -0.4 is 0 Å². The van der Waals surface area contributed by atoms with Crippen molar-refractivity contribution in [1.29, 1.82) is 0 Å². The standard InChI is InChI=1S/C17H11F3NO/c1-11-15(12-5-3-2-4-6-12)22-16(21-11)13-7-9-14(10-8-13)17(18,19)20/h2-5,7-10H,1H3. The smallest absolute Gasteiger partial charge is 0.416 e. The molecule has 1 heterocycles. The third-order valence-corrected chi connectivity index (χ3v) is 3.21. The van der Waals surface area contributed by atoms with E-state index in [0.717, 1.165) is 17.7 Å². The second-order valence-electron chi connectivity index (χ2n) is 4.78. The molecule has 0 aliphatic heterocycles. The number of rotatable bonds is 2. The lowest BCUT2D eigenvalue weighted by Crippen LogP contribution is -2.03. The molecule has 0 aliphatic carbocycles. The number of hydrogen-bond donors (Lipinski definition) is 0. The molecule has 0 spiro atoms. The number of benzene rings is 2. The van der Waals surface area contributed by atoms with Crippen LogP contribution in [0, 0.1) is 13.0 Å². The average molecular weight is 302 g/mol. The maximum Gasteiger partial charge on any atom is 0.416 e. The van der Waals surface area contributed by atoms with Gasteiger partial charge in [0, 0.05) is 11.1 Å². The molecule has 0 saturated carbocycles. The summed E-state index contributed by atoms with van der Waals surface area (Å²) in [6.07, 6.45) is -4.35. The molecule has 0 bridgehead atoms. The van der Waals surface area contributed by atoms with E-state index in [1.165, 1.54) is 12.1 Å². The molecule has 3 rings (SSSR count). The van der Waals surface area contributed by atoms with Crippen molar-refractivity contribution in [2.45, 2.75) is 13.1 Å². The van der Waals surface area contributed by atoms with Gasteiger partial charge in [0.2, 0.25) is 5.89 Å². The Balaban J connectivity index is 1.97. The minimum Gasteiger partial charge on any atom is -0.436 e. The highest BCUT2D eigenvalue weighted by atomic mass is 19.4. The van der Waals surface area contributed by atoms with Crippen molar-refractivity contribution in [2.75, 3.05) is 0 Å². The molecular formula is C17H11F3NO. The van der Waals surface area contributed by atoms with Gasteiger partial charge in [-0.05, 0) is 37.3 Å². The van der Waals surface area contributed by atoms with Crippen LogP contribution in [0.1, 0.15) is 11.3 Å². The van der Waals surface area contributed by atoms with Gasteiger partial charge in [0.15, 0.2) is 5.76 Å². The van der Waals surface area contributed by atoms with Crippen LogP contribution >= 0.6 is 0 Å².